The Balaban J connectivity index is 1.69. The number of halogens is 1. The summed E-state index contributed by atoms with van der Waals surface area (Å²) in [5.41, 5.74) is 3.02. The Bertz CT molecular complexity index is 1070. The third-order valence-electron chi connectivity index (χ3n) is 4.74. The van der Waals surface area contributed by atoms with Crippen LogP contribution in [0.5, 0.6) is 5.75 Å². The number of aromatic nitrogens is 3. The fraction of sp³-hybridized carbons (Fsp3) is 0.261. The Kier molecular flexibility index (Phi) is 7.92. The van der Waals surface area contributed by atoms with Gasteiger partial charge in [0.25, 0.3) is 0 Å². The van der Waals surface area contributed by atoms with Crippen molar-refractivity contribution in [1.29, 1.82) is 0 Å². The number of carbonyl (C=O) groups is 1. The Morgan fingerprint density at radius 1 is 1.26 bits per heavy atom. The molecule has 1 amide bonds. The molecule has 0 aliphatic rings. The number of hydrogen-bond donors (Lipinski definition) is 1. The number of ether oxygens (including phenoxy) is 1. The second-order valence-corrected chi connectivity index (χ2v) is 8.90. The van der Waals surface area contributed by atoms with Crippen LogP contribution in [-0.2, 0) is 11.3 Å². The highest BCUT2D eigenvalue weighted by atomic mass is 79.9. The maximum Gasteiger partial charge on any atom is 0.234 e. The molecule has 3 aromatic rings. The lowest BCUT2D eigenvalue weighted by atomic mass is 10.1. The predicted octanol–water partition coefficient (Wildman–Crippen LogP) is 5.71. The van der Waals surface area contributed by atoms with Crippen LogP contribution in [-0.4, -0.2) is 26.4 Å². The Morgan fingerprint density at radius 2 is 2.00 bits per heavy atom. The maximum atomic E-state index is 12.3. The van der Waals surface area contributed by atoms with Crippen molar-refractivity contribution in [2.75, 3.05) is 11.1 Å². The molecule has 31 heavy (non-hydrogen) atoms. The van der Waals surface area contributed by atoms with E-state index in [-0.39, 0.29) is 17.8 Å². The summed E-state index contributed by atoms with van der Waals surface area (Å²) in [6.45, 7) is 10.4. The Hall–Kier alpha value is -2.58. The van der Waals surface area contributed by atoms with Crippen LogP contribution in [0.4, 0.5) is 5.69 Å². The van der Waals surface area contributed by atoms with Gasteiger partial charge in [-0.05, 0) is 62.2 Å². The van der Waals surface area contributed by atoms with Crippen molar-refractivity contribution >= 4 is 39.3 Å². The van der Waals surface area contributed by atoms with Crippen LogP contribution in [0, 0.1) is 13.8 Å². The lowest BCUT2D eigenvalue weighted by molar-refractivity contribution is -0.113. The molecule has 162 valence electrons. The van der Waals surface area contributed by atoms with E-state index < -0.39 is 0 Å². The van der Waals surface area contributed by atoms with Crippen molar-refractivity contribution < 1.29 is 9.53 Å². The highest BCUT2D eigenvalue weighted by Crippen LogP contribution is 2.28. The van der Waals surface area contributed by atoms with Gasteiger partial charge in [-0.25, -0.2) is 0 Å². The molecule has 1 atom stereocenters. The highest BCUT2D eigenvalue weighted by Gasteiger charge is 2.20. The second-order valence-electron chi connectivity index (χ2n) is 7.04. The van der Waals surface area contributed by atoms with Crippen LogP contribution in [0.2, 0.25) is 0 Å². The summed E-state index contributed by atoms with van der Waals surface area (Å²) in [4.78, 5) is 12.3. The zero-order valence-electron chi connectivity index (χ0n) is 17.8. The third-order valence-corrected chi connectivity index (χ3v) is 6.24. The average molecular weight is 501 g/mol. The van der Waals surface area contributed by atoms with Gasteiger partial charge in [0.2, 0.25) is 5.91 Å². The SMILES string of the molecule is C=CCn1c(SCC(=O)Nc2ccc(Br)cc2)nnc1C(C)Oc1cccc(C)c1C. The fourth-order valence-corrected chi connectivity index (χ4v) is 3.98. The van der Waals surface area contributed by atoms with Gasteiger partial charge in [0.15, 0.2) is 17.1 Å². The van der Waals surface area contributed by atoms with Gasteiger partial charge in [-0.1, -0.05) is 45.9 Å². The summed E-state index contributed by atoms with van der Waals surface area (Å²) in [5, 5.41) is 12.2. The molecule has 0 fully saturated rings. The van der Waals surface area contributed by atoms with Gasteiger partial charge in [-0.3, -0.25) is 9.36 Å². The number of nitrogens with one attached hydrogen (secondary N) is 1. The quantitative estimate of drug-likeness (QED) is 0.300. The summed E-state index contributed by atoms with van der Waals surface area (Å²) >= 11 is 4.72. The first-order chi connectivity index (χ1) is 14.9. The summed E-state index contributed by atoms with van der Waals surface area (Å²) in [6, 6.07) is 13.4. The number of nitrogens with zero attached hydrogens (tertiary/aromatic N) is 3. The number of aryl methyl sites for hydroxylation is 1. The molecule has 6 nitrogen and oxygen atoms in total. The minimum Gasteiger partial charge on any atom is -0.482 e. The van der Waals surface area contributed by atoms with Gasteiger partial charge in [0, 0.05) is 16.7 Å². The van der Waals surface area contributed by atoms with Crippen LogP contribution in [0.15, 0.2) is 64.7 Å². The molecule has 8 heteroatoms. The monoisotopic (exact) mass is 500 g/mol. The number of benzene rings is 2. The highest BCUT2D eigenvalue weighted by molar-refractivity contribution is 9.10. The number of hydrogen-bond acceptors (Lipinski definition) is 5. The van der Waals surface area contributed by atoms with Crippen molar-refractivity contribution in [3.8, 4) is 5.75 Å². The molecular formula is C23H25BrN4O2S. The lowest BCUT2D eigenvalue weighted by Crippen LogP contribution is -2.15. The lowest BCUT2D eigenvalue weighted by Gasteiger charge is -2.18. The largest absolute Gasteiger partial charge is 0.482 e. The second kappa shape index (κ2) is 10.6. The van der Waals surface area contributed by atoms with Crippen LogP contribution in [0.25, 0.3) is 0 Å². The average Bonchev–Trinajstić information content (AvgIpc) is 3.14. The molecule has 1 heterocycles. The summed E-state index contributed by atoms with van der Waals surface area (Å²) in [7, 11) is 0. The van der Waals surface area contributed by atoms with Gasteiger partial charge >= 0.3 is 0 Å². The normalized spacial score (nSPS) is 11.7. The number of anilines is 1. The van der Waals surface area contributed by atoms with E-state index in [9.17, 15) is 4.79 Å². The van der Waals surface area contributed by atoms with E-state index >= 15 is 0 Å². The molecule has 0 aliphatic heterocycles. The molecule has 1 N–H and O–H groups in total. The molecule has 2 aromatic carbocycles. The molecule has 1 aromatic heterocycles. The molecule has 0 aliphatic carbocycles. The summed E-state index contributed by atoms with van der Waals surface area (Å²) < 4.78 is 9.07. The van der Waals surface area contributed by atoms with Crippen LogP contribution in [0.3, 0.4) is 0 Å². The van der Waals surface area contributed by atoms with Crippen LogP contribution >= 0.6 is 27.7 Å². The molecule has 0 radical (unpaired) electrons. The first-order valence-corrected chi connectivity index (χ1v) is 11.6. The van der Waals surface area contributed by atoms with Crippen molar-refractivity contribution in [2.45, 2.75) is 38.6 Å². The van der Waals surface area contributed by atoms with Crippen molar-refractivity contribution in [3.05, 3.63) is 76.5 Å². The van der Waals surface area contributed by atoms with E-state index in [1.807, 2.05) is 54.8 Å². The predicted molar refractivity (Wildman–Crippen MR) is 129 cm³/mol. The topological polar surface area (TPSA) is 69.0 Å². The first-order valence-electron chi connectivity index (χ1n) is 9.84. The van der Waals surface area contributed by atoms with Crippen LogP contribution < -0.4 is 10.1 Å². The molecule has 0 saturated heterocycles. The van der Waals surface area contributed by atoms with Crippen LogP contribution in [0.1, 0.15) is 30.0 Å². The van der Waals surface area contributed by atoms with Gasteiger partial charge in [-0.15, -0.1) is 16.8 Å². The molecule has 0 bridgehead atoms. The molecule has 3 rings (SSSR count). The van der Waals surface area contributed by atoms with Crippen molar-refractivity contribution in [2.24, 2.45) is 0 Å². The van der Waals surface area contributed by atoms with Crippen molar-refractivity contribution in [3.63, 3.8) is 0 Å². The summed E-state index contributed by atoms with van der Waals surface area (Å²) in [5.74, 6) is 1.62. The van der Waals surface area contributed by atoms with E-state index in [1.54, 1.807) is 6.08 Å². The number of allylic oxidation sites excluding steroid dienone is 1. The Labute approximate surface area is 195 Å². The number of amides is 1. The minimum absolute atomic E-state index is 0.110. The maximum absolute atomic E-state index is 12.3. The van der Waals surface area contributed by atoms with Gasteiger partial charge in [0.05, 0.1) is 5.75 Å². The number of carbonyl (C=O) groups excluding carboxylic acids is 1. The van der Waals surface area contributed by atoms with E-state index in [1.165, 1.54) is 17.3 Å². The van der Waals surface area contributed by atoms with E-state index in [2.05, 4.69) is 51.0 Å². The Morgan fingerprint density at radius 3 is 2.71 bits per heavy atom. The fourth-order valence-electron chi connectivity index (χ4n) is 2.96. The third kappa shape index (κ3) is 5.98. The standard InChI is InChI=1S/C23H25BrN4O2S/c1-5-13-28-22(17(4)30-20-8-6-7-15(2)16(20)3)26-27-23(28)31-14-21(29)25-19-11-9-18(24)10-12-19/h5-12,17H,1,13-14H2,2-4H3,(H,25,29). The van der Waals surface area contributed by atoms with E-state index in [0.717, 1.165) is 21.5 Å². The zero-order valence-corrected chi connectivity index (χ0v) is 20.2. The number of thioether (sulfide) groups is 1. The molecular weight excluding hydrogens is 476 g/mol. The van der Waals surface area contributed by atoms with Gasteiger partial charge < -0.3 is 10.1 Å². The molecule has 0 spiro atoms. The first kappa shape index (κ1) is 23.1. The molecule has 0 saturated carbocycles. The minimum atomic E-state index is -0.307. The molecule has 1 unspecified atom stereocenters. The number of rotatable bonds is 9. The van der Waals surface area contributed by atoms with Crippen molar-refractivity contribution in [1.82, 2.24) is 14.8 Å². The zero-order chi connectivity index (χ0) is 22.4. The van der Waals surface area contributed by atoms with E-state index in [0.29, 0.717) is 17.5 Å². The van der Waals surface area contributed by atoms with E-state index in [4.69, 9.17) is 4.74 Å². The van der Waals surface area contributed by atoms with Gasteiger partial charge in [-0.2, -0.15) is 0 Å². The summed E-state index contributed by atoms with van der Waals surface area (Å²) in [6.07, 6.45) is 1.47. The van der Waals surface area contributed by atoms with Gasteiger partial charge in [0.1, 0.15) is 5.75 Å². The smallest absolute Gasteiger partial charge is 0.234 e.